The monoisotopic (exact) mass is 399 g/mol. The van der Waals surface area contributed by atoms with Gasteiger partial charge in [-0.2, -0.15) is 0 Å². The molecule has 1 aromatic carbocycles. The molecule has 1 fully saturated rings. The maximum Gasteiger partial charge on any atom is 0.266 e. The van der Waals surface area contributed by atoms with E-state index in [0.29, 0.717) is 25.0 Å². The van der Waals surface area contributed by atoms with Gasteiger partial charge in [-0.1, -0.05) is 13.0 Å². The second kappa shape index (κ2) is 7.94. The molecule has 1 aromatic rings. The van der Waals surface area contributed by atoms with E-state index >= 15 is 0 Å². The van der Waals surface area contributed by atoms with Crippen molar-refractivity contribution in [3.05, 3.63) is 34.2 Å². The van der Waals surface area contributed by atoms with Crippen LogP contribution in [0.1, 0.15) is 71.9 Å². The van der Waals surface area contributed by atoms with Gasteiger partial charge < -0.3 is 4.90 Å². The zero-order chi connectivity index (χ0) is 20.6. The average Bonchev–Trinajstić information content (AvgIpc) is 2.89. The van der Waals surface area contributed by atoms with Gasteiger partial charge in [0.25, 0.3) is 5.91 Å². The number of hydrogen-bond acceptors (Lipinski definition) is 4. The number of aliphatic imine (C=N–C) groups is 1. The normalized spacial score (nSPS) is 24.6. The molecule has 0 aromatic heterocycles. The largest absolute Gasteiger partial charge is 0.364 e. The number of carbonyl (C=O) groups is 1. The standard InChI is InChI=1S/C23H33N3OS/c1-8-24-22-25(9-2)21(27)20(28-22)13-17-10-11-19-18(12-17)16(5)14-23(6,7)26(19)15(3)4/h10-13,15-16H,8-9,14H2,1-7H3/b20-13-,24-22?/t16-/m0/s1. The van der Waals surface area contributed by atoms with E-state index in [2.05, 4.69) is 62.7 Å². The van der Waals surface area contributed by atoms with E-state index in [1.54, 1.807) is 4.90 Å². The van der Waals surface area contributed by atoms with Crippen LogP contribution >= 0.6 is 11.8 Å². The summed E-state index contributed by atoms with van der Waals surface area (Å²) in [6, 6.07) is 7.11. The van der Waals surface area contributed by atoms with Gasteiger partial charge in [0, 0.05) is 30.4 Å². The fraction of sp³-hybridized carbons (Fsp3) is 0.565. The molecular weight excluding hydrogens is 366 g/mol. The Kier molecular flexibility index (Phi) is 5.95. The minimum Gasteiger partial charge on any atom is -0.364 e. The zero-order valence-corrected chi connectivity index (χ0v) is 19.1. The second-order valence-electron chi connectivity index (χ2n) is 8.62. The summed E-state index contributed by atoms with van der Waals surface area (Å²) in [5, 5.41) is 0.820. The third-order valence-electron chi connectivity index (χ3n) is 5.61. The average molecular weight is 400 g/mol. The maximum absolute atomic E-state index is 12.8. The molecule has 1 saturated heterocycles. The van der Waals surface area contributed by atoms with E-state index in [-0.39, 0.29) is 11.4 Å². The molecule has 0 spiro atoms. The first-order valence-electron chi connectivity index (χ1n) is 10.4. The Morgan fingerprint density at radius 2 is 2.04 bits per heavy atom. The van der Waals surface area contributed by atoms with Crippen molar-refractivity contribution in [3.8, 4) is 0 Å². The van der Waals surface area contributed by atoms with E-state index in [1.807, 2.05) is 19.9 Å². The molecule has 0 aliphatic carbocycles. The number of likely N-dealkylation sites (N-methyl/N-ethyl adjacent to an activating group) is 1. The van der Waals surface area contributed by atoms with Crippen LogP contribution in [0.15, 0.2) is 28.1 Å². The summed E-state index contributed by atoms with van der Waals surface area (Å²) in [5.74, 6) is 0.560. The van der Waals surface area contributed by atoms with Gasteiger partial charge in [-0.25, -0.2) is 0 Å². The number of hydrogen-bond donors (Lipinski definition) is 0. The van der Waals surface area contributed by atoms with Gasteiger partial charge in [-0.05, 0) is 95.0 Å². The van der Waals surface area contributed by atoms with E-state index < -0.39 is 0 Å². The van der Waals surface area contributed by atoms with Gasteiger partial charge in [0.05, 0.1) is 4.91 Å². The summed E-state index contributed by atoms with van der Waals surface area (Å²) in [5.41, 5.74) is 3.95. The molecule has 4 nitrogen and oxygen atoms in total. The molecule has 0 saturated carbocycles. The molecule has 2 heterocycles. The van der Waals surface area contributed by atoms with Gasteiger partial charge in [-0.15, -0.1) is 0 Å². The van der Waals surface area contributed by atoms with Crippen molar-refractivity contribution in [2.75, 3.05) is 18.0 Å². The molecule has 28 heavy (non-hydrogen) atoms. The lowest BCUT2D eigenvalue weighted by molar-refractivity contribution is -0.122. The van der Waals surface area contributed by atoms with Crippen LogP contribution in [-0.2, 0) is 4.79 Å². The number of thioether (sulfide) groups is 1. The second-order valence-corrected chi connectivity index (χ2v) is 9.63. The van der Waals surface area contributed by atoms with Gasteiger partial charge in [0.1, 0.15) is 0 Å². The number of nitrogens with zero attached hydrogens (tertiary/aromatic N) is 3. The summed E-state index contributed by atoms with van der Waals surface area (Å²) in [4.78, 5) is 22.3. The Morgan fingerprint density at radius 1 is 1.32 bits per heavy atom. The fourth-order valence-corrected chi connectivity index (χ4v) is 5.83. The van der Waals surface area contributed by atoms with Crippen LogP contribution in [-0.4, -0.2) is 40.6 Å². The fourth-order valence-electron chi connectivity index (χ4n) is 4.73. The van der Waals surface area contributed by atoms with Crippen LogP contribution in [0.4, 0.5) is 5.69 Å². The lowest BCUT2D eigenvalue weighted by atomic mass is 9.79. The van der Waals surface area contributed by atoms with Gasteiger partial charge in [0.2, 0.25) is 0 Å². The lowest BCUT2D eigenvalue weighted by Gasteiger charge is -2.50. The summed E-state index contributed by atoms with van der Waals surface area (Å²) in [6.07, 6.45) is 3.16. The third kappa shape index (κ3) is 3.73. The van der Waals surface area contributed by atoms with Gasteiger partial charge in [0.15, 0.2) is 5.17 Å². The number of fused-ring (bicyclic) bond motifs is 1. The third-order valence-corrected chi connectivity index (χ3v) is 6.66. The Labute approximate surface area is 174 Å². The summed E-state index contributed by atoms with van der Waals surface area (Å²) < 4.78 is 0. The molecule has 0 N–H and O–H groups in total. The van der Waals surface area contributed by atoms with Crippen LogP contribution in [0.25, 0.3) is 6.08 Å². The molecule has 0 bridgehead atoms. The lowest BCUT2D eigenvalue weighted by Crippen LogP contribution is -2.51. The number of amidine groups is 1. The minimum atomic E-state index is 0.0652. The van der Waals surface area contributed by atoms with E-state index in [1.165, 1.54) is 23.0 Å². The molecule has 2 aliphatic rings. The van der Waals surface area contributed by atoms with Crippen molar-refractivity contribution in [2.24, 2.45) is 4.99 Å². The number of anilines is 1. The van der Waals surface area contributed by atoms with Crippen LogP contribution < -0.4 is 4.90 Å². The summed E-state index contributed by atoms with van der Waals surface area (Å²) >= 11 is 1.49. The Morgan fingerprint density at radius 3 is 2.64 bits per heavy atom. The quantitative estimate of drug-likeness (QED) is 0.627. The van der Waals surface area contributed by atoms with Crippen LogP contribution in [0, 0.1) is 0 Å². The first-order chi connectivity index (χ1) is 13.2. The number of amides is 1. The van der Waals surface area contributed by atoms with Crippen LogP contribution in [0.5, 0.6) is 0 Å². The summed E-state index contributed by atoms with van der Waals surface area (Å²) in [7, 11) is 0. The van der Waals surface area contributed by atoms with E-state index in [0.717, 1.165) is 22.1 Å². The zero-order valence-electron chi connectivity index (χ0n) is 18.2. The highest BCUT2D eigenvalue weighted by Gasteiger charge is 2.38. The highest BCUT2D eigenvalue weighted by atomic mass is 32.2. The predicted octanol–water partition coefficient (Wildman–Crippen LogP) is 5.50. The van der Waals surface area contributed by atoms with Crippen molar-refractivity contribution in [1.82, 2.24) is 4.90 Å². The van der Waals surface area contributed by atoms with Crippen molar-refractivity contribution >= 4 is 34.6 Å². The molecule has 152 valence electrons. The summed E-state index contributed by atoms with van der Waals surface area (Å²) in [6.45, 7) is 16.9. The highest BCUT2D eigenvalue weighted by Crippen LogP contribution is 2.45. The molecule has 0 unspecified atom stereocenters. The Hall–Kier alpha value is -1.75. The molecule has 1 atom stereocenters. The molecule has 0 radical (unpaired) electrons. The van der Waals surface area contributed by atoms with Gasteiger partial charge >= 0.3 is 0 Å². The van der Waals surface area contributed by atoms with Crippen molar-refractivity contribution < 1.29 is 4.79 Å². The smallest absolute Gasteiger partial charge is 0.266 e. The predicted molar refractivity (Wildman–Crippen MR) is 122 cm³/mol. The van der Waals surface area contributed by atoms with Crippen molar-refractivity contribution in [2.45, 2.75) is 72.4 Å². The number of carbonyl (C=O) groups excluding carboxylic acids is 1. The first-order valence-corrected chi connectivity index (χ1v) is 11.2. The van der Waals surface area contributed by atoms with Crippen LogP contribution in [0.2, 0.25) is 0 Å². The molecule has 2 aliphatic heterocycles. The van der Waals surface area contributed by atoms with Crippen molar-refractivity contribution in [1.29, 1.82) is 0 Å². The van der Waals surface area contributed by atoms with Crippen LogP contribution in [0.3, 0.4) is 0 Å². The molecule has 1 amide bonds. The Bertz CT molecular complexity index is 825. The number of rotatable bonds is 4. The maximum atomic E-state index is 12.8. The molecule has 5 heteroatoms. The Balaban J connectivity index is 1.99. The van der Waals surface area contributed by atoms with Crippen molar-refractivity contribution in [3.63, 3.8) is 0 Å². The number of benzene rings is 1. The molecule has 3 rings (SSSR count). The highest BCUT2D eigenvalue weighted by molar-refractivity contribution is 8.18. The first kappa shape index (κ1) is 21.0. The van der Waals surface area contributed by atoms with E-state index in [9.17, 15) is 4.79 Å². The minimum absolute atomic E-state index is 0.0652. The van der Waals surface area contributed by atoms with E-state index in [4.69, 9.17) is 0 Å². The SMILES string of the molecule is CCN=C1S/C(=C\c2ccc3c(c2)[C@@H](C)CC(C)(C)N3C(C)C)C(=O)N1CC. The molecular formula is C23H33N3OS. The topological polar surface area (TPSA) is 35.9 Å². The van der Waals surface area contributed by atoms with Gasteiger partial charge in [-0.3, -0.25) is 14.7 Å².